The fraction of sp³-hybridized carbons (Fsp3) is 0.130. The van der Waals surface area contributed by atoms with Gasteiger partial charge in [0.1, 0.15) is 6.17 Å². The Hall–Kier alpha value is -4.31. The SMILES string of the molecule is COc1ccc(C2Nc3ccc(Cl)cc3C(=O)N2NC(=O)c2ccc([N+](=O)[O-])cc2)cc1OC. The second-order valence-corrected chi connectivity index (χ2v) is 7.71. The Balaban J connectivity index is 1.72. The van der Waals surface area contributed by atoms with Crippen molar-refractivity contribution in [3.8, 4) is 11.5 Å². The first kappa shape index (κ1) is 22.9. The number of non-ortho nitro benzene ring substituents is 1. The number of hydrazine groups is 1. The van der Waals surface area contributed by atoms with E-state index in [9.17, 15) is 19.7 Å². The first-order valence-electron chi connectivity index (χ1n) is 9.99. The monoisotopic (exact) mass is 482 g/mol. The van der Waals surface area contributed by atoms with Crippen LogP contribution in [0.2, 0.25) is 5.02 Å². The molecule has 0 bridgehead atoms. The molecule has 34 heavy (non-hydrogen) atoms. The number of nitrogens with one attached hydrogen (secondary N) is 2. The van der Waals surface area contributed by atoms with Crippen molar-refractivity contribution in [2.45, 2.75) is 6.17 Å². The molecule has 10 nitrogen and oxygen atoms in total. The molecule has 0 fully saturated rings. The number of carbonyl (C=O) groups excluding carboxylic acids is 2. The van der Waals surface area contributed by atoms with E-state index in [0.29, 0.717) is 27.8 Å². The number of nitro groups is 1. The maximum Gasteiger partial charge on any atom is 0.276 e. The van der Waals surface area contributed by atoms with E-state index in [1.54, 1.807) is 30.3 Å². The number of hydrogen-bond acceptors (Lipinski definition) is 7. The molecule has 2 amide bonds. The van der Waals surface area contributed by atoms with Gasteiger partial charge in [-0.3, -0.25) is 25.1 Å². The lowest BCUT2D eigenvalue weighted by atomic mass is 10.0. The Bertz CT molecular complexity index is 1280. The third-order valence-electron chi connectivity index (χ3n) is 5.27. The zero-order valence-electron chi connectivity index (χ0n) is 18.1. The van der Waals surface area contributed by atoms with E-state index < -0.39 is 22.9 Å². The van der Waals surface area contributed by atoms with Crippen molar-refractivity contribution in [2.24, 2.45) is 0 Å². The highest BCUT2D eigenvalue weighted by Gasteiger charge is 2.35. The number of nitrogens with zero attached hydrogens (tertiary/aromatic N) is 2. The number of anilines is 1. The number of benzene rings is 3. The van der Waals surface area contributed by atoms with Crippen LogP contribution in [0.15, 0.2) is 60.7 Å². The Morgan fingerprint density at radius 3 is 2.41 bits per heavy atom. The summed E-state index contributed by atoms with van der Waals surface area (Å²) in [5.74, 6) is -0.174. The van der Waals surface area contributed by atoms with Gasteiger partial charge >= 0.3 is 0 Å². The number of amides is 2. The van der Waals surface area contributed by atoms with E-state index in [0.717, 1.165) is 5.01 Å². The number of nitro benzene ring substituents is 1. The molecule has 0 saturated heterocycles. The summed E-state index contributed by atoms with van der Waals surface area (Å²) < 4.78 is 10.7. The van der Waals surface area contributed by atoms with E-state index in [2.05, 4.69) is 10.7 Å². The van der Waals surface area contributed by atoms with E-state index in [1.165, 1.54) is 44.6 Å². The van der Waals surface area contributed by atoms with Gasteiger partial charge in [0.2, 0.25) is 0 Å². The number of halogens is 1. The van der Waals surface area contributed by atoms with Crippen LogP contribution in [0.4, 0.5) is 11.4 Å². The van der Waals surface area contributed by atoms with Crippen molar-refractivity contribution >= 4 is 34.8 Å². The molecule has 1 heterocycles. The van der Waals surface area contributed by atoms with Gasteiger partial charge in [0.25, 0.3) is 17.5 Å². The zero-order valence-corrected chi connectivity index (χ0v) is 18.8. The summed E-state index contributed by atoms with van der Waals surface area (Å²) >= 11 is 6.09. The number of fused-ring (bicyclic) bond motifs is 1. The lowest BCUT2D eigenvalue weighted by Gasteiger charge is -2.38. The molecule has 1 aliphatic rings. The van der Waals surface area contributed by atoms with E-state index in [4.69, 9.17) is 21.1 Å². The van der Waals surface area contributed by atoms with Crippen LogP contribution in [0.5, 0.6) is 11.5 Å². The highest BCUT2D eigenvalue weighted by atomic mass is 35.5. The molecule has 0 aliphatic carbocycles. The quantitative estimate of drug-likeness (QED) is 0.399. The minimum atomic E-state index is -0.803. The molecule has 0 radical (unpaired) electrons. The highest BCUT2D eigenvalue weighted by molar-refractivity contribution is 6.31. The summed E-state index contributed by atoms with van der Waals surface area (Å²) in [4.78, 5) is 36.7. The first-order valence-corrected chi connectivity index (χ1v) is 10.4. The summed E-state index contributed by atoms with van der Waals surface area (Å²) in [5.41, 5.74) is 4.01. The van der Waals surface area contributed by atoms with Crippen molar-refractivity contribution in [2.75, 3.05) is 19.5 Å². The number of carbonyl (C=O) groups is 2. The smallest absolute Gasteiger partial charge is 0.276 e. The minimum absolute atomic E-state index is 0.140. The van der Waals surface area contributed by atoms with Gasteiger partial charge in [0.05, 0.1) is 24.7 Å². The van der Waals surface area contributed by atoms with Crippen LogP contribution in [0.1, 0.15) is 32.4 Å². The first-order chi connectivity index (χ1) is 16.3. The molecule has 174 valence electrons. The summed E-state index contributed by atoms with van der Waals surface area (Å²) in [7, 11) is 3.00. The molecule has 3 aromatic carbocycles. The topological polar surface area (TPSA) is 123 Å². The predicted molar refractivity (Wildman–Crippen MR) is 124 cm³/mol. The molecule has 4 rings (SSSR count). The van der Waals surface area contributed by atoms with E-state index >= 15 is 0 Å². The third kappa shape index (κ3) is 4.30. The number of hydrogen-bond donors (Lipinski definition) is 2. The molecule has 0 spiro atoms. The van der Waals surface area contributed by atoms with Crippen LogP contribution in [0.25, 0.3) is 0 Å². The maximum atomic E-state index is 13.4. The molecule has 1 aliphatic heterocycles. The largest absolute Gasteiger partial charge is 0.493 e. The van der Waals surface area contributed by atoms with Gasteiger partial charge < -0.3 is 14.8 Å². The molecular formula is C23H19ClN4O6. The van der Waals surface area contributed by atoms with Gasteiger partial charge in [-0.25, -0.2) is 5.01 Å². The van der Waals surface area contributed by atoms with Crippen LogP contribution in [0.3, 0.4) is 0 Å². The van der Waals surface area contributed by atoms with Gasteiger partial charge in [-0.05, 0) is 42.5 Å². The normalized spacial score (nSPS) is 14.6. The second kappa shape index (κ2) is 9.28. The highest BCUT2D eigenvalue weighted by Crippen LogP contribution is 2.37. The van der Waals surface area contributed by atoms with Gasteiger partial charge in [-0.15, -0.1) is 0 Å². The Labute approximate surface area is 199 Å². The molecule has 0 aromatic heterocycles. The average molecular weight is 483 g/mol. The Morgan fingerprint density at radius 2 is 1.76 bits per heavy atom. The Morgan fingerprint density at radius 1 is 1.06 bits per heavy atom. The molecule has 11 heteroatoms. The van der Waals surface area contributed by atoms with Crippen LogP contribution < -0.4 is 20.2 Å². The number of rotatable bonds is 6. The minimum Gasteiger partial charge on any atom is -0.493 e. The van der Waals surface area contributed by atoms with Crippen LogP contribution in [-0.4, -0.2) is 36.0 Å². The summed E-state index contributed by atoms with van der Waals surface area (Å²) in [6, 6.07) is 15.0. The average Bonchev–Trinajstić information content (AvgIpc) is 2.85. The van der Waals surface area contributed by atoms with Gasteiger partial charge in [-0.2, -0.15) is 0 Å². The molecule has 2 N–H and O–H groups in total. The van der Waals surface area contributed by atoms with E-state index in [1.807, 2.05) is 0 Å². The zero-order chi connectivity index (χ0) is 24.4. The molecule has 3 aromatic rings. The van der Waals surface area contributed by atoms with Crippen molar-refractivity contribution in [1.29, 1.82) is 0 Å². The fourth-order valence-corrected chi connectivity index (χ4v) is 3.73. The van der Waals surface area contributed by atoms with Crippen molar-refractivity contribution < 1.29 is 24.0 Å². The summed E-state index contributed by atoms with van der Waals surface area (Å²) in [6.45, 7) is 0. The van der Waals surface area contributed by atoms with Crippen LogP contribution in [-0.2, 0) is 0 Å². The lowest BCUT2D eigenvalue weighted by Crippen LogP contribution is -2.52. The second-order valence-electron chi connectivity index (χ2n) is 7.27. The summed E-state index contributed by atoms with van der Waals surface area (Å²) in [6.07, 6.45) is -0.803. The maximum absolute atomic E-state index is 13.4. The molecule has 1 atom stereocenters. The number of methoxy groups -OCH3 is 2. The predicted octanol–water partition coefficient (Wildman–Crippen LogP) is 4.18. The van der Waals surface area contributed by atoms with Gasteiger partial charge in [0.15, 0.2) is 11.5 Å². The van der Waals surface area contributed by atoms with Crippen LogP contribution >= 0.6 is 11.6 Å². The molecular weight excluding hydrogens is 464 g/mol. The Kier molecular flexibility index (Phi) is 6.24. The number of ether oxygens (including phenoxy) is 2. The lowest BCUT2D eigenvalue weighted by molar-refractivity contribution is -0.384. The van der Waals surface area contributed by atoms with Crippen molar-refractivity contribution in [1.82, 2.24) is 10.4 Å². The van der Waals surface area contributed by atoms with E-state index in [-0.39, 0.29) is 16.8 Å². The van der Waals surface area contributed by atoms with Crippen LogP contribution in [0, 0.1) is 10.1 Å². The van der Waals surface area contributed by atoms with Crippen molar-refractivity contribution in [3.05, 3.63) is 92.5 Å². The standard InChI is InChI=1S/C23H19ClN4O6/c1-33-19-10-5-14(11-20(19)34-2)21-25-18-9-6-15(24)12-17(18)23(30)27(21)26-22(29)13-3-7-16(8-4-13)28(31)32/h3-12,21,25H,1-2H3,(H,26,29). The molecule has 0 saturated carbocycles. The van der Waals surface area contributed by atoms with Gasteiger partial charge in [-0.1, -0.05) is 17.7 Å². The van der Waals surface area contributed by atoms with Crippen molar-refractivity contribution in [3.63, 3.8) is 0 Å². The fourth-order valence-electron chi connectivity index (χ4n) is 3.56. The third-order valence-corrected chi connectivity index (χ3v) is 5.50. The molecule has 1 unspecified atom stereocenters. The summed E-state index contributed by atoms with van der Waals surface area (Å²) in [5, 5.41) is 15.6. The van der Waals surface area contributed by atoms with Gasteiger partial charge in [0, 0.05) is 34.0 Å².